The molecular formula is C24H19F5N4O2. The molecule has 0 saturated carbocycles. The van der Waals surface area contributed by atoms with Crippen LogP contribution in [-0.2, 0) is 19.1 Å². The van der Waals surface area contributed by atoms with E-state index >= 15 is 0 Å². The summed E-state index contributed by atoms with van der Waals surface area (Å²) in [6.45, 7) is 0.477. The van der Waals surface area contributed by atoms with Crippen LogP contribution in [0.5, 0.6) is 0 Å². The fraction of sp³-hybridized carbons (Fsp3) is 0.250. The second kappa shape index (κ2) is 8.49. The first kappa shape index (κ1) is 23.0. The summed E-state index contributed by atoms with van der Waals surface area (Å²) in [6.07, 6.45) is -4.00. The maximum Gasteiger partial charge on any atom is 0.419 e. The third-order valence-corrected chi connectivity index (χ3v) is 6.13. The Morgan fingerprint density at radius 2 is 1.66 bits per heavy atom. The zero-order chi connectivity index (χ0) is 24.9. The topological polar surface area (TPSA) is 68.4 Å². The second-order valence-corrected chi connectivity index (χ2v) is 8.39. The average Bonchev–Trinajstić information content (AvgIpc) is 2.78. The van der Waals surface area contributed by atoms with Gasteiger partial charge in [-0.25, -0.2) is 8.78 Å². The molecule has 0 aliphatic carbocycles. The highest BCUT2D eigenvalue weighted by Crippen LogP contribution is 2.42. The number of aryl methyl sites for hydroxylation is 1. The number of benzene rings is 2. The zero-order valence-corrected chi connectivity index (χ0v) is 18.2. The van der Waals surface area contributed by atoms with Gasteiger partial charge < -0.3 is 15.2 Å². The Balaban J connectivity index is 1.78. The number of rotatable bonds is 0. The first-order chi connectivity index (χ1) is 16.6. The fourth-order valence-electron chi connectivity index (χ4n) is 4.52. The molecule has 0 spiro atoms. The Hall–Kier alpha value is -3.73. The van der Waals surface area contributed by atoms with Crippen molar-refractivity contribution in [2.45, 2.75) is 25.6 Å². The van der Waals surface area contributed by atoms with Crippen molar-refractivity contribution in [3.63, 3.8) is 0 Å². The molecule has 5 rings (SSSR count). The number of nitrogens with zero attached hydrogens (tertiary/aromatic N) is 2. The molecule has 182 valence electrons. The maximum absolute atomic E-state index is 14.6. The summed E-state index contributed by atoms with van der Waals surface area (Å²) < 4.78 is 69.3. The minimum atomic E-state index is -4.98. The highest BCUT2D eigenvalue weighted by Gasteiger charge is 2.40. The maximum atomic E-state index is 14.6. The molecule has 1 amide bonds. The predicted octanol–water partition coefficient (Wildman–Crippen LogP) is 4.46. The van der Waals surface area contributed by atoms with Gasteiger partial charge in [-0.15, -0.1) is 0 Å². The van der Waals surface area contributed by atoms with E-state index in [1.54, 1.807) is 0 Å². The van der Waals surface area contributed by atoms with E-state index in [0.717, 1.165) is 0 Å². The molecule has 1 aromatic heterocycles. The van der Waals surface area contributed by atoms with Crippen LogP contribution >= 0.6 is 0 Å². The van der Waals surface area contributed by atoms with Gasteiger partial charge in [0.05, 0.1) is 22.5 Å². The molecule has 0 unspecified atom stereocenters. The number of carbonyl (C=O) groups excluding carboxylic acids is 1. The molecule has 6 nitrogen and oxygen atoms in total. The van der Waals surface area contributed by atoms with Crippen LogP contribution < -0.4 is 20.7 Å². The van der Waals surface area contributed by atoms with Crippen LogP contribution in [-0.4, -0.2) is 24.1 Å². The molecule has 2 N–H and O–H groups in total. The van der Waals surface area contributed by atoms with Crippen molar-refractivity contribution in [1.29, 1.82) is 0 Å². The number of alkyl halides is 3. The van der Waals surface area contributed by atoms with Gasteiger partial charge in [0, 0.05) is 24.0 Å². The monoisotopic (exact) mass is 490 g/mol. The van der Waals surface area contributed by atoms with Crippen molar-refractivity contribution in [3.8, 4) is 0 Å². The normalized spacial score (nSPS) is 16.1. The minimum absolute atomic E-state index is 0.143. The molecule has 0 fully saturated rings. The number of aromatic nitrogens is 1. The molecule has 35 heavy (non-hydrogen) atoms. The number of H-pyrrole nitrogens is 1. The minimum Gasteiger partial charge on any atom is -0.324 e. The molecule has 0 atom stereocenters. The zero-order valence-electron chi connectivity index (χ0n) is 18.2. The van der Waals surface area contributed by atoms with Gasteiger partial charge in [0.25, 0.3) is 5.91 Å². The molecular weight excluding hydrogens is 471 g/mol. The summed E-state index contributed by atoms with van der Waals surface area (Å²) in [6, 6.07) is 7.75. The van der Waals surface area contributed by atoms with E-state index in [2.05, 4.69) is 10.3 Å². The van der Waals surface area contributed by atoms with E-state index < -0.39 is 29.3 Å². The lowest BCUT2D eigenvalue weighted by Gasteiger charge is -2.40. The summed E-state index contributed by atoms with van der Waals surface area (Å²) in [7, 11) is 0. The average molecular weight is 490 g/mol. The van der Waals surface area contributed by atoms with Crippen LogP contribution in [0, 0.1) is 11.6 Å². The second-order valence-electron chi connectivity index (χ2n) is 8.39. The van der Waals surface area contributed by atoms with Crippen molar-refractivity contribution in [2.24, 2.45) is 0 Å². The standard InChI is InChI=1S/C24H19F5N4O2/c25-14-3-4-19-13(8-14)11-30-7-1-2-18-20(5-6-22(34)31-18)33-12-32(19)21-10-16(24(27,28)29)17(26)9-15(21)23(33)35/h3-6,8-10,30H,1-2,7,11-12H2,(H,31,34). The van der Waals surface area contributed by atoms with Gasteiger partial charge >= 0.3 is 6.18 Å². The number of hydrogen-bond donors (Lipinski definition) is 2. The van der Waals surface area contributed by atoms with E-state index in [1.165, 1.54) is 40.1 Å². The molecule has 2 aliphatic rings. The first-order valence-corrected chi connectivity index (χ1v) is 10.8. The Labute approximate surface area is 196 Å². The largest absolute Gasteiger partial charge is 0.419 e. The highest BCUT2D eigenvalue weighted by molar-refractivity contribution is 6.13. The molecule has 2 aromatic carbocycles. The van der Waals surface area contributed by atoms with Crippen LogP contribution in [0.15, 0.2) is 47.3 Å². The van der Waals surface area contributed by atoms with E-state index in [-0.39, 0.29) is 30.0 Å². The summed E-state index contributed by atoms with van der Waals surface area (Å²) in [5.74, 6) is -2.81. The Kier molecular flexibility index (Phi) is 5.59. The molecule has 2 aliphatic heterocycles. The molecule has 2 bridgehead atoms. The summed E-state index contributed by atoms with van der Waals surface area (Å²) in [5.41, 5.74) is -0.634. The van der Waals surface area contributed by atoms with Crippen molar-refractivity contribution in [3.05, 3.63) is 86.8 Å². The highest BCUT2D eigenvalue weighted by atomic mass is 19.4. The molecule has 3 heterocycles. The van der Waals surface area contributed by atoms with E-state index in [4.69, 9.17) is 0 Å². The summed E-state index contributed by atoms with van der Waals surface area (Å²) in [5, 5.41) is 3.18. The third-order valence-electron chi connectivity index (χ3n) is 6.13. The number of halogens is 5. The van der Waals surface area contributed by atoms with Gasteiger partial charge in [-0.2, -0.15) is 13.2 Å². The summed E-state index contributed by atoms with van der Waals surface area (Å²) >= 11 is 0. The fourth-order valence-corrected chi connectivity index (χ4v) is 4.52. The predicted molar refractivity (Wildman–Crippen MR) is 119 cm³/mol. The van der Waals surface area contributed by atoms with E-state index in [9.17, 15) is 31.5 Å². The number of anilines is 3. The van der Waals surface area contributed by atoms with E-state index in [0.29, 0.717) is 54.2 Å². The number of amides is 1. The molecule has 3 aromatic rings. The van der Waals surface area contributed by atoms with Crippen LogP contribution in [0.3, 0.4) is 0 Å². The Bertz CT molecular complexity index is 1390. The van der Waals surface area contributed by atoms with Crippen LogP contribution in [0.25, 0.3) is 0 Å². The number of carbonyl (C=O) groups is 1. The van der Waals surface area contributed by atoms with Gasteiger partial charge in [-0.1, -0.05) is 0 Å². The molecule has 0 saturated heterocycles. The van der Waals surface area contributed by atoms with Crippen molar-refractivity contribution >= 4 is 23.0 Å². The first-order valence-electron chi connectivity index (χ1n) is 10.8. The molecule has 0 radical (unpaired) electrons. The van der Waals surface area contributed by atoms with Gasteiger partial charge in [0.2, 0.25) is 5.56 Å². The van der Waals surface area contributed by atoms with Gasteiger partial charge in [-0.05, 0) is 61.3 Å². The number of aromatic amines is 1. The van der Waals surface area contributed by atoms with Crippen LogP contribution in [0.1, 0.15) is 33.6 Å². The quantitative estimate of drug-likeness (QED) is 0.457. The number of nitrogens with one attached hydrogen (secondary N) is 2. The Morgan fingerprint density at radius 3 is 2.43 bits per heavy atom. The van der Waals surface area contributed by atoms with E-state index in [1.807, 2.05) is 0 Å². The van der Waals surface area contributed by atoms with Crippen LogP contribution in [0.4, 0.5) is 39.0 Å². The number of fused-ring (bicyclic) bond motifs is 8. The third kappa shape index (κ3) is 4.16. The summed E-state index contributed by atoms with van der Waals surface area (Å²) in [4.78, 5) is 30.9. The van der Waals surface area contributed by atoms with Crippen molar-refractivity contribution in [2.75, 3.05) is 23.0 Å². The number of pyridine rings is 1. The van der Waals surface area contributed by atoms with Crippen molar-refractivity contribution < 1.29 is 26.7 Å². The lowest BCUT2D eigenvalue weighted by Crippen LogP contribution is -2.46. The van der Waals surface area contributed by atoms with Gasteiger partial charge in [0.1, 0.15) is 18.3 Å². The lowest BCUT2D eigenvalue weighted by atomic mass is 10.0. The Morgan fingerprint density at radius 1 is 0.886 bits per heavy atom. The molecule has 11 heteroatoms. The van der Waals surface area contributed by atoms with Gasteiger partial charge in [-0.3, -0.25) is 14.5 Å². The van der Waals surface area contributed by atoms with Crippen LogP contribution in [0.2, 0.25) is 0 Å². The smallest absolute Gasteiger partial charge is 0.324 e. The van der Waals surface area contributed by atoms with Gasteiger partial charge in [0.15, 0.2) is 0 Å². The number of hydrogen-bond acceptors (Lipinski definition) is 4. The van der Waals surface area contributed by atoms with Crippen molar-refractivity contribution in [1.82, 2.24) is 10.3 Å². The lowest BCUT2D eigenvalue weighted by molar-refractivity contribution is -0.139. The SMILES string of the molecule is O=C1c2cc(F)c(C(F)(F)F)cc2N2CN1c1ccc(=O)[nH]c1CCCNCc1cc(F)ccc12.